The van der Waals surface area contributed by atoms with Crippen molar-refractivity contribution in [2.24, 2.45) is 0 Å². The molecule has 0 aliphatic rings. The number of non-ortho nitro benzene ring substituents is 1. The molecule has 0 saturated carbocycles. The Bertz CT molecular complexity index is 1450. The van der Waals surface area contributed by atoms with Gasteiger partial charge in [-0.25, -0.2) is 4.68 Å². The molecule has 1 N–H and O–H groups in total. The largest absolute Gasteiger partial charge is 0.464 e. The molecule has 0 unspecified atom stereocenters. The summed E-state index contributed by atoms with van der Waals surface area (Å²) in [5.41, 5.74) is 0.525. The van der Waals surface area contributed by atoms with Gasteiger partial charge in [0.1, 0.15) is 11.5 Å². The number of para-hydroxylation sites is 3. The van der Waals surface area contributed by atoms with Crippen molar-refractivity contribution in [3.8, 4) is 17.2 Å². The molecule has 1 aromatic heterocycles. The highest BCUT2D eigenvalue weighted by atomic mass is 16.6. The fourth-order valence-corrected chi connectivity index (χ4v) is 3.23. The van der Waals surface area contributed by atoms with E-state index in [4.69, 9.17) is 9.47 Å². The number of nitro groups is 2. The first-order chi connectivity index (χ1) is 17.3. The number of carbonyl (C=O) groups excluding carboxylic acids is 1. The van der Waals surface area contributed by atoms with Crippen LogP contribution in [0, 0.1) is 27.2 Å². The molecule has 0 aliphatic heterocycles. The van der Waals surface area contributed by atoms with Gasteiger partial charge >= 0.3 is 5.69 Å². The van der Waals surface area contributed by atoms with E-state index in [0.717, 1.165) is 5.56 Å². The minimum absolute atomic E-state index is 0.00837. The highest BCUT2D eigenvalue weighted by Crippen LogP contribution is 2.31. The number of aryl methyl sites for hydroxylation is 1. The third-order valence-electron chi connectivity index (χ3n) is 4.97. The quantitative estimate of drug-likeness (QED) is 0.252. The number of hydrogen-bond donors (Lipinski definition) is 1. The summed E-state index contributed by atoms with van der Waals surface area (Å²) < 4.78 is 12.5. The van der Waals surface area contributed by atoms with Gasteiger partial charge in [0, 0.05) is 24.4 Å². The number of anilines is 1. The maximum Gasteiger partial charge on any atom is 0.311 e. The van der Waals surface area contributed by atoms with Crippen LogP contribution in [0.3, 0.4) is 0 Å². The lowest BCUT2D eigenvalue weighted by atomic mass is 10.2. The summed E-state index contributed by atoms with van der Waals surface area (Å²) in [5.74, 6) is 0.133. The summed E-state index contributed by atoms with van der Waals surface area (Å²) in [6, 6.07) is 18.4. The first-order valence-electron chi connectivity index (χ1n) is 10.5. The lowest BCUT2D eigenvalue weighted by Gasteiger charge is -2.10. The van der Waals surface area contributed by atoms with Crippen molar-refractivity contribution in [1.82, 2.24) is 9.78 Å². The first-order valence-corrected chi connectivity index (χ1v) is 10.5. The summed E-state index contributed by atoms with van der Waals surface area (Å²) in [7, 11) is 0. The van der Waals surface area contributed by atoms with E-state index in [1.807, 2.05) is 19.1 Å². The van der Waals surface area contributed by atoms with E-state index in [0.29, 0.717) is 5.75 Å². The standard InChI is InChI=1S/C24H19N5O7/c1-16-6-2-4-8-22(16)36-19-13-17(12-18(14-19)28(31)32)25-24(30)20-10-11-27(26-20)15-35-23-9-5-3-7-21(23)29(33)34/h2-14H,15H2,1H3,(H,25,30). The summed E-state index contributed by atoms with van der Waals surface area (Å²) >= 11 is 0. The third kappa shape index (κ3) is 5.62. The molecule has 1 heterocycles. The summed E-state index contributed by atoms with van der Waals surface area (Å²) in [6.45, 7) is 1.66. The maximum atomic E-state index is 12.7. The van der Waals surface area contributed by atoms with Crippen molar-refractivity contribution < 1.29 is 24.1 Å². The molecule has 0 atom stereocenters. The Morgan fingerprint density at radius 3 is 2.42 bits per heavy atom. The molecule has 12 heteroatoms. The third-order valence-corrected chi connectivity index (χ3v) is 4.97. The van der Waals surface area contributed by atoms with Gasteiger partial charge in [0.05, 0.1) is 21.6 Å². The summed E-state index contributed by atoms with van der Waals surface area (Å²) in [5, 5.41) is 29.2. The number of benzene rings is 3. The zero-order valence-corrected chi connectivity index (χ0v) is 18.9. The molecule has 0 radical (unpaired) electrons. The Hall–Kier alpha value is -5.26. The summed E-state index contributed by atoms with van der Waals surface area (Å²) in [6.07, 6.45) is 1.46. The van der Waals surface area contributed by atoms with Gasteiger partial charge in [-0.05, 0) is 30.7 Å². The van der Waals surface area contributed by atoms with Gasteiger partial charge in [-0.2, -0.15) is 5.10 Å². The van der Waals surface area contributed by atoms with Crippen molar-refractivity contribution in [3.05, 3.63) is 110 Å². The number of rotatable bonds is 9. The van der Waals surface area contributed by atoms with E-state index < -0.39 is 15.8 Å². The number of carbonyl (C=O) groups is 1. The van der Waals surface area contributed by atoms with Gasteiger partial charge in [-0.3, -0.25) is 25.0 Å². The number of aromatic nitrogens is 2. The number of nitro benzene ring substituents is 2. The van der Waals surface area contributed by atoms with E-state index in [-0.39, 0.29) is 41.0 Å². The molecule has 12 nitrogen and oxygen atoms in total. The fraction of sp³-hybridized carbons (Fsp3) is 0.0833. The zero-order valence-electron chi connectivity index (χ0n) is 18.9. The van der Waals surface area contributed by atoms with Gasteiger partial charge in [-0.1, -0.05) is 30.3 Å². The van der Waals surface area contributed by atoms with Gasteiger partial charge < -0.3 is 14.8 Å². The fourth-order valence-electron chi connectivity index (χ4n) is 3.23. The summed E-state index contributed by atoms with van der Waals surface area (Å²) in [4.78, 5) is 34.1. The highest BCUT2D eigenvalue weighted by Gasteiger charge is 2.17. The monoisotopic (exact) mass is 489 g/mol. The predicted molar refractivity (Wildman–Crippen MR) is 128 cm³/mol. The highest BCUT2D eigenvalue weighted by molar-refractivity contribution is 6.03. The van der Waals surface area contributed by atoms with Gasteiger partial charge in [0.2, 0.25) is 0 Å². The van der Waals surface area contributed by atoms with Crippen molar-refractivity contribution >= 4 is 23.0 Å². The van der Waals surface area contributed by atoms with Crippen LogP contribution >= 0.6 is 0 Å². The topological polar surface area (TPSA) is 152 Å². The zero-order chi connectivity index (χ0) is 25.7. The number of nitrogens with zero attached hydrogens (tertiary/aromatic N) is 4. The Morgan fingerprint density at radius 2 is 1.69 bits per heavy atom. The van der Waals surface area contributed by atoms with Crippen LogP contribution in [0.25, 0.3) is 0 Å². The minimum atomic E-state index is -0.623. The smallest absolute Gasteiger partial charge is 0.311 e. The van der Waals surface area contributed by atoms with Crippen LogP contribution in [-0.4, -0.2) is 25.5 Å². The van der Waals surface area contributed by atoms with Crippen LogP contribution in [0.2, 0.25) is 0 Å². The molecule has 4 rings (SSSR count). The van der Waals surface area contributed by atoms with Crippen LogP contribution in [0.4, 0.5) is 17.1 Å². The Morgan fingerprint density at radius 1 is 0.972 bits per heavy atom. The van der Waals surface area contributed by atoms with Gasteiger partial charge in [0.15, 0.2) is 18.2 Å². The molecule has 182 valence electrons. The molecule has 0 spiro atoms. The molecule has 0 saturated heterocycles. The van der Waals surface area contributed by atoms with E-state index >= 15 is 0 Å². The average Bonchev–Trinajstić information content (AvgIpc) is 3.33. The number of amides is 1. The van der Waals surface area contributed by atoms with Crippen molar-refractivity contribution in [2.75, 3.05) is 5.32 Å². The van der Waals surface area contributed by atoms with Crippen LogP contribution in [0.5, 0.6) is 17.2 Å². The van der Waals surface area contributed by atoms with Crippen LogP contribution in [-0.2, 0) is 6.73 Å². The lowest BCUT2D eigenvalue weighted by Crippen LogP contribution is -2.14. The first kappa shape index (κ1) is 23.9. The minimum Gasteiger partial charge on any atom is -0.464 e. The number of hydrogen-bond acceptors (Lipinski definition) is 8. The van der Waals surface area contributed by atoms with Crippen LogP contribution in [0.1, 0.15) is 16.1 Å². The normalized spacial score (nSPS) is 10.5. The average molecular weight is 489 g/mol. The molecule has 4 aromatic rings. The second kappa shape index (κ2) is 10.3. The van der Waals surface area contributed by atoms with E-state index in [1.54, 1.807) is 18.2 Å². The van der Waals surface area contributed by atoms with Gasteiger partial charge in [-0.15, -0.1) is 0 Å². The molecular formula is C24H19N5O7. The molecule has 0 fully saturated rings. The van der Waals surface area contributed by atoms with Crippen LogP contribution < -0.4 is 14.8 Å². The van der Waals surface area contributed by atoms with Gasteiger partial charge in [0.25, 0.3) is 11.6 Å². The maximum absolute atomic E-state index is 12.7. The second-order valence-corrected chi connectivity index (χ2v) is 7.53. The van der Waals surface area contributed by atoms with E-state index in [2.05, 4.69) is 10.4 Å². The van der Waals surface area contributed by atoms with Crippen molar-refractivity contribution in [2.45, 2.75) is 13.7 Å². The van der Waals surface area contributed by atoms with E-state index in [9.17, 15) is 25.0 Å². The lowest BCUT2D eigenvalue weighted by molar-refractivity contribution is -0.386. The molecule has 0 bridgehead atoms. The number of nitrogens with one attached hydrogen (secondary N) is 1. The Labute approximate surface area is 204 Å². The van der Waals surface area contributed by atoms with Crippen LogP contribution in [0.15, 0.2) is 79.0 Å². The predicted octanol–water partition coefficient (Wildman–Crippen LogP) is 5.09. The molecule has 36 heavy (non-hydrogen) atoms. The second-order valence-electron chi connectivity index (χ2n) is 7.53. The van der Waals surface area contributed by atoms with E-state index in [1.165, 1.54) is 53.3 Å². The number of ether oxygens (including phenoxy) is 2. The molecule has 3 aromatic carbocycles. The van der Waals surface area contributed by atoms with Crippen molar-refractivity contribution in [1.29, 1.82) is 0 Å². The Balaban J connectivity index is 1.48. The molecule has 0 aliphatic carbocycles. The van der Waals surface area contributed by atoms with Crippen molar-refractivity contribution in [3.63, 3.8) is 0 Å². The SMILES string of the molecule is Cc1ccccc1Oc1cc(NC(=O)c2ccn(COc3ccccc3[N+](=O)[O-])n2)cc([N+](=O)[O-])c1. The molecular weight excluding hydrogens is 470 g/mol. The molecule has 1 amide bonds. The Kier molecular flexibility index (Phi) is 6.86.